The van der Waals surface area contributed by atoms with Crippen LogP contribution < -0.4 is 0 Å². The quantitative estimate of drug-likeness (QED) is 0.536. The third-order valence-electron chi connectivity index (χ3n) is 3.85. The molecule has 1 heteroatoms. The highest BCUT2D eigenvalue weighted by molar-refractivity contribution is 4.91. The first-order chi connectivity index (χ1) is 5.66. The van der Waals surface area contributed by atoms with E-state index in [1.165, 1.54) is 25.7 Å². The lowest BCUT2D eigenvalue weighted by molar-refractivity contribution is 0.0188. The van der Waals surface area contributed by atoms with Crippen LogP contribution in [0.2, 0.25) is 0 Å². The van der Waals surface area contributed by atoms with Gasteiger partial charge in [-0.2, -0.15) is 0 Å². The lowest BCUT2D eigenvalue weighted by atomic mass is 9.76. The summed E-state index contributed by atoms with van der Waals surface area (Å²) in [6.45, 7) is 4.84. The van der Waals surface area contributed by atoms with Gasteiger partial charge in [0.05, 0.1) is 0 Å². The summed E-state index contributed by atoms with van der Waals surface area (Å²) in [5.74, 6) is 1.95. The van der Waals surface area contributed by atoms with Crippen LogP contribution in [0.3, 0.4) is 0 Å². The van der Waals surface area contributed by atoms with E-state index in [4.69, 9.17) is 0 Å². The van der Waals surface area contributed by atoms with Crippen LogP contribution in [0.4, 0.5) is 0 Å². The zero-order chi connectivity index (χ0) is 8.72. The van der Waals surface area contributed by atoms with Gasteiger partial charge in [-0.25, -0.2) is 0 Å². The van der Waals surface area contributed by atoms with Gasteiger partial charge in [-0.1, -0.05) is 13.8 Å². The predicted molar refractivity (Wildman–Crippen MR) is 52.1 cm³/mol. The molecule has 12 heavy (non-hydrogen) atoms. The van der Waals surface area contributed by atoms with E-state index >= 15 is 0 Å². The first-order valence-corrected chi connectivity index (χ1v) is 5.38. The molecular weight excluding hydrogens is 146 g/mol. The van der Waals surface area contributed by atoms with Gasteiger partial charge in [0.15, 0.2) is 0 Å². The average Bonchev–Trinajstić information content (AvgIpc) is 1.94. The van der Waals surface area contributed by atoms with Crippen molar-refractivity contribution >= 4 is 0 Å². The zero-order valence-electron chi connectivity index (χ0n) is 8.59. The Hall–Kier alpha value is -0.0400. The van der Waals surface area contributed by atoms with E-state index in [1.54, 1.807) is 0 Å². The minimum atomic E-state index is 0.905. The Morgan fingerprint density at radius 3 is 1.50 bits per heavy atom. The van der Waals surface area contributed by atoms with E-state index in [9.17, 15) is 0 Å². The van der Waals surface area contributed by atoms with Crippen LogP contribution in [0.5, 0.6) is 0 Å². The summed E-state index contributed by atoms with van der Waals surface area (Å²) in [5.41, 5.74) is 0. The van der Waals surface area contributed by atoms with Crippen LogP contribution in [0.1, 0.15) is 39.5 Å². The highest BCUT2D eigenvalue weighted by Gasteiger charge is 2.36. The third kappa shape index (κ3) is 1.39. The Labute approximate surface area is 76.1 Å². The monoisotopic (exact) mass is 167 g/mol. The first kappa shape index (κ1) is 8.55. The number of hydrogen-bond donors (Lipinski definition) is 0. The second-order valence-corrected chi connectivity index (χ2v) is 5.13. The topological polar surface area (TPSA) is 3.24 Å². The van der Waals surface area contributed by atoms with E-state index < -0.39 is 0 Å². The maximum absolute atomic E-state index is 2.64. The fourth-order valence-electron chi connectivity index (χ4n) is 3.21. The molecule has 0 saturated carbocycles. The lowest BCUT2D eigenvalue weighted by Gasteiger charge is -2.48. The van der Waals surface area contributed by atoms with Crippen molar-refractivity contribution in [1.82, 2.24) is 4.90 Å². The second kappa shape index (κ2) is 3.02. The van der Waals surface area contributed by atoms with Gasteiger partial charge < -0.3 is 4.90 Å². The molecule has 0 aliphatic carbocycles. The normalized spacial score (nSPS) is 49.2. The fraction of sp³-hybridized carbons (Fsp3) is 1.00. The average molecular weight is 167 g/mol. The number of piperidine rings is 2. The van der Waals surface area contributed by atoms with Crippen LogP contribution >= 0.6 is 0 Å². The molecular formula is C11H21N. The van der Waals surface area contributed by atoms with Crippen molar-refractivity contribution in [1.29, 1.82) is 0 Å². The molecule has 2 bridgehead atoms. The fourth-order valence-corrected chi connectivity index (χ4v) is 3.21. The molecule has 2 rings (SSSR count). The van der Waals surface area contributed by atoms with Crippen molar-refractivity contribution in [3.05, 3.63) is 0 Å². The lowest BCUT2D eigenvalue weighted by Crippen LogP contribution is -2.51. The standard InChI is InChI=1S/C11H21N/c1-8-4-10-6-9(2)7-11(5-8)12(10)3/h8-11H,4-7H2,1-3H3. The van der Waals surface area contributed by atoms with Gasteiger partial charge in [0.25, 0.3) is 0 Å². The van der Waals surface area contributed by atoms with Crippen LogP contribution in [-0.2, 0) is 0 Å². The molecule has 0 aromatic heterocycles. The summed E-state index contributed by atoms with van der Waals surface area (Å²) < 4.78 is 0. The second-order valence-electron chi connectivity index (χ2n) is 5.13. The largest absolute Gasteiger partial charge is 0.300 e. The van der Waals surface area contributed by atoms with Crippen LogP contribution in [0, 0.1) is 11.8 Å². The number of fused-ring (bicyclic) bond motifs is 2. The van der Waals surface area contributed by atoms with Gasteiger partial charge in [0, 0.05) is 12.1 Å². The maximum atomic E-state index is 2.64. The van der Waals surface area contributed by atoms with E-state index in [0.717, 1.165) is 23.9 Å². The molecule has 0 amide bonds. The van der Waals surface area contributed by atoms with E-state index in [2.05, 4.69) is 25.8 Å². The van der Waals surface area contributed by atoms with E-state index in [-0.39, 0.29) is 0 Å². The van der Waals surface area contributed by atoms with Crippen molar-refractivity contribution < 1.29 is 0 Å². The number of nitrogens with zero attached hydrogens (tertiary/aromatic N) is 1. The summed E-state index contributed by atoms with van der Waals surface area (Å²) >= 11 is 0. The molecule has 2 fully saturated rings. The number of hydrogen-bond acceptors (Lipinski definition) is 1. The Balaban J connectivity index is 2.08. The molecule has 2 aliphatic heterocycles. The van der Waals surface area contributed by atoms with Crippen molar-refractivity contribution in [2.75, 3.05) is 7.05 Å². The maximum Gasteiger partial charge on any atom is 0.0100 e. The smallest absolute Gasteiger partial charge is 0.0100 e. The molecule has 2 aliphatic rings. The van der Waals surface area contributed by atoms with Crippen molar-refractivity contribution in [2.45, 2.75) is 51.6 Å². The van der Waals surface area contributed by atoms with Gasteiger partial charge in [-0.3, -0.25) is 0 Å². The third-order valence-corrected chi connectivity index (χ3v) is 3.85. The van der Waals surface area contributed by atoms with Gasteiger partial charge in [-0.15, -0.1) is 0 Å². The minimum Gasteiger partial charge on any atom is -0.300 e. The van der Waals surface area contributed by atoms with Gasteiger partial charge in [0.1, 0.15) is 0 Å². The highest BCUT2D eigenvalue weighted by Crippen LogP contribution is 2.37. The summed E-state index contributed by atoms with van der Waals surface area (Å²) in [6, 6.07) is 1.81. The molecule has 0 radical (unpaired) electrons. The van der Waals surface area contributed by atoms with Crippen molar-refractivity contribution in [3.8, 4) is 0 Å². The van der Waals surface area contributed by atoms with Gasteiger partial charge in [-0.05, 0) is 44.6 Å². The zero-order valence-corrected chi connectivity index (χ0v) is 8.59. The van der Waals surface area contributed by atoms with Crippen molar-refractivity contribution in [3.63, 3.8) is 0 Å². The van der Waals surface area contributed by atoms with E-state index in [0.29, 0.717) is 0 Å². The highest BCUT2D eigenvalue weighted by atomic mass is 15.2. The molecule has 70 valence electrons. The van der Waals surface area contributed by atoms with Crippen LogP contribution in [-0.4, -0.2) is 24.0 Å². The number of rotatable bonds is 0. The van der Waals surface area contributed by atoms with Gasteiger partial charge in [0.2, 0.25) is 0 Å². The molecule has 0 aromatic carbocycles. The summed E-state index contributed by atoms with van der Waals surface area (Å²) in [5, 5.41) is 0. The Bertz CT molecular complexity index is 136. The molecule has 0 atom stereocenters. The molecule has 0 N–H and O–H groups in total. The van der Waals surface area contributed by atoms with Crippen LogP contribution in [0.15, 0.2) is 0 Å². The Kier molecular flexibility index (Phi) is 2.16. The summed E-state index contributed by atoms with van der Waals surface area (Å²) in [6.07, 6.45) is 5.77. The van der Waals surface area contributed by atoms with E-state index in [1.807, 2.05) is 0 Å². The SMILES string of the molecule is CC1CC2CC(C)CC(C1)N2C. The molecule has 0 aromatic rings. The summed E-state index contributed by atoms with van der Waals surface area (Å²) in [7, 11) is 2.33. The Morgan fingerprint density at radius 2 is 1.17 bits per heavy atom. The first-order valence-electron chi connectivity index (χ1n) is 5.38. The predicted octanol–water partition coefficient (Wildman–Crippen LogP) is 2.52. The molecule has 2 heterocycles. The molecule has 0 spiro atoms. The van der Waals surface area contributed by atoms with Crippen molar-refractivity contribution in [2.24, 2.45) is 11.8 Å². The molecule has 2 saturated heterocycles. The molecule has 0 unspecified atom stereocenters. The minimum absolute atomic E-state index is 0.905. The van der Waals surface area contributed by atoms with Crippen LogP contribution in [0.25, 0.3) is 0 Å². The van der Waals surface area contributed by atoms with Gasteiger partial charge >= 0.3 is 0 Å². The Morgan fingerprint density at radius 1 is 0.833 bits per heavy atom. The molecule has 1 nitrogen and oxygen atoms in total. The summed E-state index contributed by atoms with van der Waals surface area (Å²) in [4.78, 5) is 2.64.